The number of benzene rings is 2. The minimum Gasteiger partial charge on any atom is -0.482 e. The van der Waals surface area contributed by atoms with Crippen molar-refractivity contribution >= 4 is 34.9 Å². The van der Waals surface area contributed by atoms with Crippen LogP contribution in [-0.4, -0.2) is 43.5 Å². The molecule has 1 amide bonds. The van der Waals surface area contributed by atoms with Crippen LogP contribution in [-0.2, 0) is 6.42 Å². The minimum atomic E-state index is -0.678. The first-order valence-corrected chi connectivity index (χ1v) is 11.9. The summed E-state index contributed by atoms with van der Waals surface area (Å²) >= 11 is 12.4. The fourth-order valence-corrected chi connectivity index (χ4v) is 4.47. The number of carbonyl (C=O) groups excluding carboxylic acids is 1. The van der Waals surface area contributed by atoms with Crippen molar-refractivity contribution < 1.29 is 13.9 Å². The molecule has 0 radical (unpaired) electrons. The zero-order chi connectivity index (χ0) is 25.7. The standard InChI is InChI=1S/C26H29Cl2FN4O2/c1-15(23-20(27)9-10-21(29)24(23)28)35-22-13-18(14-32-25(22)30)16-7-8-19(26(34)31-2)17(12-16)6-5-11-33(3)4/h7-10,12-15H,5-6,11H2,1-4H3,(H2,30,32)(H,31,34). The van der Waals surface area contributed by atoms with Crippen molar-refractivity contribution in [1.29, 1.82) is 0 Å². The van der Waals surface area contributed by atoms with Crippen molar-refractivity contribution in [3.05, 3.63) is 75.1 Å². The normalized spacial score (nSPS) is 12.0. The third-order valence-corrected chi connectivity index (χ3v) is 6.35. The van der Waals surface area contributed by atoms with Crippen LogP contribution >= 0.6 is 23.2 Å². The van der Waals surface area contributed by atoms with E-state index >= 15 is 0 Å². The lowest BCUT2D eigenvalue weighted by Crippen LogP contribution is -2.20. The molecule has 186 valence electrons. The number of pyridine rings is 1. The number of rotatable bonds is 9. The van der Waals surface area contributed by atoms with E-state index in [1.54, 1.807) is 26.2 Å². The second kappa shape index (κ2) is 11.7. The van der Waals surface area contributed by atoms with Crippen molar-refractivity contribution in [3.8, 4) is 16.9 Å². The van der Waals surface area contributed by atoms with E-state index in [-0.39, 0.29) is 16.7 Å². The first kappa shape index (κ1) is 26.7. The Hall–Kier alpha value is -2.87. The Labute approximate surface area is 215 Å². The molecule has 1 aromatic heterocycles. The summed E-state index contributed by atoms with van der Waals surface area (Å²) in [5.74, 6) is -0.221. The van der Waals surface area contributed by atoms with Gasteiger partial charge in [0.2, 0.25) is 0 Å². The van der Waals surface area contributed by atoms with Crippen molar-refractivity contribution in [1.82, 2.24) is 15.2 Å². The summed E-state index contributed by atoms with van der Waals surface area (Å²) in [6.07, 6.45) is 2.62. The summed E-state index contributed by atoms with van der Waals surface area (Å²) in [6.45, 7) is 2.61. The molecular formula is C26H29Cl2FN4O2. The number of aromatic nitrogens is 1. The highest BCUT2D eigenvalue weighted by atomic mass is 35.5. The van der Waals surface area contributed by atoms with E-state index < -0.39 is 11.9 Å². The lowest BCUT2D eigenvalue weighted by Gasteiger charge is -2.19. The molecule has 1 atom stereocenters. The molecule has 0 saturated heterocycles. The minimum absolute atomic E-state index is 0.0974. The second-order valence-electron chi connectivity index (χ2n) is 8.48. The number of hydrogen-bond acceptors (Lipinski definition) is 5. The smallest absolute Gasteiger partial charge is 0.251 e. The van der Waals surface area contributed by atoms with Crippen LogP contribution in [0.3, 0.4) is 0 Å². The Morgan fingerprint density at radius 1 is 1.20 bits per heavy atom. The first-order chi connectivity index (χ1) is 16.6. The van der Waals surface area contributed by atoms with Gasteiger partial charge in [-0.25, -0.2) is 9.37 Å². The van der Waals surface area contributed by atoms with Gasteiger partial charge < -0.3 is 20.7 Å². The molecule has 2 aromatic carbocycles. The third kappa shape index (κ3) is 6.42. The van der Waals surface area contributed by atoms with E-state index in [1.807, 2.05) is 32.3 Å². The van der Waals surface area contributed by atoms with Gasteiger partial charge in [0.25, 0.3) is 5.91 Å². The number of aryl methyl sites for hydroxylation is 1. The summed E-state index contributed by atoms with van der Waals surface area (Å²) in [6, 6.07) is 10.1. The number of halogens is 3. The molecule has 3 N–H and O–H groups in total. The molecule has 35 heavy (non-hydrogen) atoms. The van der Waals surface area contributed by atoms with Crippen molar-refractivity contribution in [2.45, 2.75) is 25.9 Å². The fourth-order valence-electron chi connectivity index (χ4n) is 3.79. The van der Waals surface area contributed by atoms with Crippen LogP contribution in [0.5, 0.6) is 5.75 Å². The molecule has 1 heterocycles. The van der Waals surface area contributed by atoms with Gasteiger partial charge in [-0.3, -0.25) is 4.79 Å². The van der Waals surface area contributed by atoms with Crippen LogP contribution in [0.15, 0.2) is 42.6 Å². The molecule has 1 unspecified atom stereocenters. The number of nitrogens with one attached hydrogen (secondary N) is 1. The van der Waals surface area contributed by atoms with Crippen molar-refractivity contribution in [3.63, 3.8) is 0 Å². The van der Waals surface area contributed by atoms with Gasteiger partial charge >= 0.3 is 0 Å². The van der Waals surface area contributed by atoms with E-state index in [1.165, 1.54) is 12.1 Å². The molecule has 0 aliphatic rings. The average molecular weight is 519 g/mol. The Bertz CT molecular complexity index is 1220. The zero-order valence-electron chi connectivity index (χ0n) is 20.2. The Morgan fingerprint density at radius 3 is 2.63 bits per heavy atom. The van der Waals surface area contributed by atoms with Gasteiger partial charge in [-0.05, 0) is 75.8 Å². The molecular weight excluding hydrogens is 490 g/mol. The predicted octanol–water partition coefficient (Wildman–Crippen LogP) is 5.77. The number of amides is 1. The SMILES string of the molecule is CNC(=O)c1ccc(-c2cnc(N)c(OC(C)c3c(Cl)ccc(F)c3Cl)c2)cc1CCCN(C)C. The third-order valence-electron chi connectivity index (χ3n) is 5.63. The van der Waals surface area contributed by atoms with Crippen molar-refractivity contribution in [2.75, 3.05) is 33.4 Å². The molecule has 0 saturated carbocycles. The number of ether oxygens (including phenoxy) is 1. The van der Waals surface area contributed by atoms with E-state index in [0.717, 1.165) is 36.1 Å². The van der Waals surface area contributed by atoms with Gasteiger partial charge in [-0.1, -0.05) is 35.3 Å². The monoisotopic (exact) mass is 518 g/mol. The maximum Gasteiger partial charge on any atom is 0.251 e. The maximum absolute atomic E-state index is 14.0. The molecule has 3 rings (SSSR count). The second-order valence-corrected chi connectivity index (χ2v) is 9.27. The zero-order valence-corrected chi connectivity index (χ0v) is 21.7. The van der Waals surface area contributed by atoms with Gasteiger partial charge in [-0.15, -0.1) is 0 Å². The largest absolute Gasteiger partial charge is 0.482 e. The number of nitrogen functional groups attached to an aromatic ring is 1. The van der Waals surface area contributed by atoms with Gasteiger partial charge in [0.15, 0.2) is 11.6 Å². The Morgan fingerprint density at radius 2 is 1.94 bits per heavy atom. The van der Waals surface area contributed by atoms with Gasteiger partial charge in [-0.2, -0.15) is 0 Å². The fraction of sp³-hybridized carbons (Fsp3) is 0.308. The van der Waals surface area contributed by atoms with Crippen molar-refractivity contribution in [2.24, 2.45) is 0 Å². The van der Waals surface area contributed by atoms with Crippen LogP contribution in [0.25, 0.3) is 11.1 Å². The predicted molar refractivity (Wildman–Crippen MR) is 140 cm³/mol. The number of anilines is 1. The summed E-state index contributed by atoms with van der Waals surface area (Å²) in [4.78, 5) is 18.8. The molecule has 3 aromatic rings. The highest BCUT2D eigenvalue weighted by molar-refractivity contribution is 6.36. The van der Waals surface area contributed by atoms with Crippen LogP contribution in [0.1, 0.15) is 40.9 Å². The van der Waals surface area contributed by atoms with E-state index in [2.05, 4.69) is 15.2 Å². The summed E-state index contributed by atoms with van der Waals surface area (Å²) in [5, 5.41) is 2.89. The number of hydrogen-bond donors (Lipinski definition) is 2. The first-order valence-electron chi connectivity index (χ1n) is 11.2. The van der Waals surface area contributed by atoms with Gasteiger partial charge in [0.05, 0.1) is 5.02 Å². The van der Waals surface area contributed by atoms with E-state index in [9.17, 15) is 9.18 Å². The number of nitrogens with two attached hydrogens (primary N) is 1. The Balaban J connectivity index is 1.94. The van der Waals surface area contributed by atoms with Gasteiger partial charge in [0.1, 0.15) is 11.9 Å². The van der Waals surface area contributed by atoms with E-state index in [4.69, 9.17) is 33.7 Å². The lowest BCUT2D eigenvalue weighted by molar-refractivity contribution is 0.0962. The Kier molecular flexibility index (Phi) is 8.94. The molecule has 0 aliphatic carbocycles. The highest BCUT2D eigenvalue weighted by Crippen LogP contribution is 2.37. The maximum atomic E-state index is 14.0. The van der Waals surface area contributed by atoms with Crippen LogP contribution in [0.4, 0.5) is 10.2 Å². The van der Waals surface area contributed by atoms with Crippen LogP contribution < -0.4 is 15.8 Å². The summed E-state index contributed by atoms with van der Waals surface area (Å²) in [7, 11) is 5.65. The number of nitrogens with zero attached hydrogens (tertiary/aromatic N) is 2. The summed E-state index contributed by atoms with van der Waals surface area (Å²) in [5.41, 5.74) is 9.60. The molecule has 9 heteroatoms. The molecule has 0 aliphatic heterocycles. The lowest BCUT2D eigenvalue weighted by atomic mass is 9.96. The molecule has 0 bridgehead atoms. The molecule has 0 spiro atoms. The topological polar surface area (TPSA) is 80.5 Å². The van der Waals surface area contributed by atoms with E-state index in [0.29, 0.717) is 21.9 Å². The molecule has 0 fully saturated rings. The van der Waals surface area contributed by atoms with Crippen LogP contribution in [0.2, 0.25) is 10.0 Å². The summed E-state index contributed by atoms with van der Waals surface area (Å²) < 4.78 is 20.0. The molecule has 6 nitrogen and oxygen atoms in total. The number of carbonyl (C=O) groups is 1. The highest BCUT2D eigenvalue weighted by Gasteiger charge is 2.20. The average Bonchev–Trinajstić information content (AvgIpc) is 2.82. The quantitative estimate of drug-likeness (QED) is 0.351. The van der Waals surface area contributed by atoms with Crippen LogP contribution in [0, 0.1) is 5.82 Å². The van der Waals surface area contributed by atoms with Gasteiger partial charge in [0, 0.05) is 35.0 Å².